The number of carbonyl (C=O) groups is 2. The van der Waals surface area contributed by atoms with Crippen LogP contribution in [0.3, 0.4) is 0 Å². The van der Waals surface area contributed by atoms with E-state index in [1.807, 2.05) is 0 Å². The monoisotopic (exact) mass is 344 g/mol. The van der Waals surface area contributed by atoms with Crippen LogP contribution in [0.15, 0.2) is 0 Å². The van der Waals surface area contributed by atoms with Crippen molar-refractivity contribution < 1.29 is 38.0 Å². The van der Waals surface area contributed by atoms with Gasteiger partial charge < -0.3 is 28.4 Å². The molecule has 0 amide bonds. The Bertz CT molecular complexity index is 434. The van der Waals surface area contributed by atoms with Gasteiger partial charge in [0.25, 0.3) is 0 Å². The van der Waals surface area contributed by atoms with Crippen molar-refractivity contribution in [3.8, 4) is 0 Å². The van der Waals surface area contributed by atoms with Crippen LogP contribution in [0.1, 0.15) is 38.5 Å². The highest BCUT2D eigenvalue weighted by Crippen LogP contribution is 2.49. The molecule has 3 rings (SSSR count). The lowest BCUT2D eigenvalue weighted by atomic mass is 9.88. The van der Waals surface area contributed by atoms with Crippen molar-refractivity contribution in [3.05, 3.63) is 0 Å². The number of rotatable bonds is 2. The molecule has 8 nitrogen and oxygen atoms in total. The Hall–Kier alpha value is -1.22. The van der Waals surface area contributed by atoms with E-state index in [0.29, 0.717) is 26.1 Å². The number of hydrogen-bond donors (Lipinski definition) is 0. The summed E-state index contributed by atoms with van der Waals surface area (Å²) in [7, 11) is 2.46. The maximum absolute atomic E-state index is 12.2. The number of ether oxygens (including phenoxy) is 6. The Morgan fingerprint density at radius 1 is 0.792 bits per heavy atom. The summed E-state index contributed by atoms with van der Waals surface area (Å²) in [5.41, 5.74) is 0. The molecule has 3 saturated heterocycles. The standard InChI is InChI=1S/C16H24O8/c1-19-13(17)11-12(14(18)20-2)24-16(8-4-6-10-22-16)15(23-11)7-3-5-9-21-15/h11-12H,3-10H2,1-2H3/t11-,12-,15-,16?/m1/s1. The van der Waals surface area contributed by atoms with Crippen LogP contribution in [-0.4, -0.2) is 63.2 Å². The maximum Gasteiger partial charge on any atom is 0.338 e. The number of esters is 2. The third-order valence-electron chi connectivity index (χ3n) is 4.83. The first kappa shape index (κ1) is 17.6. The quantitative estimate of drug-likeness (QED) is 0.683. The van der Waals surface area contributed by atoms with Crippen LogP contribution in [0.2, 0.25) is 0 Å². The van der Waals surface area contributed by atoms with Crippen molar-refractivity contribution in [1.29, 1.82) is 0 Å². The summed E-state index contributed by atoms with van der Waals surface area (Å²) in [4.78, 5) is 24.3. The van der Waals surface area contributed by atoms with Gasteiger partial charge in [0, 0.05) is 12.8 Å². The molecule has 0 aromatic heterocycles. The van der Waals surface area contributed by atoms with Gasteiger partial charge in [-0.05, 0) is 25.7 Å². The highest BCUT2D eigenvalue weighted by Gasteiger charge is 2.66. The highest BCUT2D eigenvalue weighted by molar-refractivity contribution is 5.86. The van der Waals surface area contributed by atoms with Crippen LogP contribution < -0.4 is 0 Å². The highest BCUT2D eigenvalue weighted by atomic mass is 16.8. The van der Waals surface area contributed by atoms with Crippen LogP contribution in [0.5, 0.6) is 0 Å². The molecular formula is C16H24O8. The minimum absolute atomic E-state index is 0.477. The van der Waals surface area contributed by atoms with Gasteiger partial charge >= 0.3 is 11.9 Å². The Morgan fingerprint density at radius 3 is 1.50 bits per heavy atom. The normalized spacial score (nSPS) is 39.6. The van der Waals surface area contributed by atoms with E-state index in [1.54, 1.807) is 0 Å². The molecule has 0 aliphatic carbocycles. The molecule has 3 fully saturated rings. The summed E-state index contributed by atoms with van der Waals surface area (Å²) < 4.78 is 33.6. The van der Waals surface area contributed by atoms with Gasteiger partial charge in [0.2, 0.25) is 11.6 Å². The van der Waals surface area contributed by atoms with Crippen molar-refractivity contribution >= 4 is 11.9 Å². The molecule has 136 valence electrons. The molecule has 24 heavy (non-hydrogen) atoms. The molecule has 3 heterocycles. The Balaban J connectivity index is 1.97. The molecule has 1 unspecified atom stereocenters. The minimum atomic E-state index is -1.25. The van der Waals surface area contributed by atoms with Crippen molar-refractivity contribution in [2.45, 2.75) is 62.3 Å². The first-order valence-corrected chi connectivity index (χ1v) is 8.37. The second kappa shape index (κ2) is 6.95. The summed E-state index contributed by atoms with van der Waals surface area (Å²) >= 11 is 0. The van der Waals surface area contributed by atoms with E-state index in [4.69, 9.17) is 28.4 Å². The lowest BCUT2D eigenvalue weighted by Gasteiger charge is -2.56. The second-order valence-electron chi connectivity index (χ2n) is 6.24. The topological polar surface area (TPSA) is 89.5 Å². The number of hydrogen-bond acceptors (Lipinski definition) is 8. The van der Waals surface area contributed by atoms with Gasteiger partial charge in [0.05, 0.1) is 27.4 Å². The van der Waals surface area contributed by atoms with Gasteiger partial charge in [-0.15, -0.1) is 0 Å². The second-order valence-corrected chi connectivity index (χ2v) is 6.24. The average molecular weight is 344 g/mol. The molecule has 8 heteroatoms. The van der Waals surface area contributed by atoms with Crippen molar-refractivity contribution in [1.82, 2.24) is 0 Å². The van der Waals surface area contributed by atoms with Gasteiger partial charge in [-0.25, -0.2) is 9.59 Å². The average Bonchev–Trinajstić information content (AvgIpc) is 2.64. The van der Waals surface area contributed by atoms with Crippen LogP contribution in [0, 0.1) is 0 Å². The zero-order chi connectivity index (χ0) is 17.2. The van der Waals surface area contributed by atoms with E-state index in [2.05, 4.69) is 0 Å². The molecule has 3 aliphatic heterocycles. The number of fused-ring (bicyclic) bond motifs is 1. The molecule has 2 spiro atoms. The fourth-order valence-electron chi connectivity index (χ4n) is 3.61. The largest absolute Gasteiger partial charge is 0.467 e. The number of methoxy groups -OCH3 is 2. The summed E-state index contributed by atoms with van der Waals surface area (Å²) in [5.74, 6) is -3.83. The first-order valence-electron chi connectivity index (χ1n) is 8.37. The Kier molecular flexibility index (Phi) is 5.10. The fraction of sp³-hybridized carbons (Fsp3) is 0.875. The summed E-state index contributed by atoms with van der Waals surface area (Å²) in [5, 5.41) is 0. The molecule has 0 bridgehead atoms. The smallest absolute Gasteiger partial charge is 0.338 e. The summed E-state index contributed by atoms with van der Waals surface area (Å²) in [6.45, 7) is 0.955. The van der Waals surface area contributed by atoms with Crippen LogP contribution >= 0.6 is 0 Å². The van der Waals surface area contributed by atoms with Crippen molar-refractivity contribution in [2.75, 3.05) is 27.4 Å². The zero-order valence-electron chi connectivity index (χ0n) is 14.1. The van der Waals surface area contributed by atoms with Gasteiger partial charge in [-0.3, -0.25) is 0 Å². The van der Waals surface area contributed by atoms with E-state index < -0.39 is 35.7 Å². The molecule has 3 aliphatic rings. The van der Waals surface area contributed by atoms with E-state index in [0.717, 1.165) is 25.7 Å². The summed E-state index contributed by atoms with van der Waals surface area (Å²) in [6, 6.07) is 0. The van der Waals surface area contributed by atoms with E-state index in [1.165, 1.54) is 14.2 Å². The third-order valence-corrected chi connectivity index (χ3v) is 4.83. The predicted octanol–water partition coefficient (Wildman–Crippen LogP) is 0.910. The zero-order valence-corrected chi connectivity index (χ0v) is 14.1. The Morgan fingerprint density at radius 2 is 1.21 bits per heavy atom. The molecule has 0 saturated carbocycles. The van der Waals surface area contributed by atoms with Crippen LogP contribution in [-0.2, 0) is 38.0 Å². The third kappa shape index (κ3) is 2.81. The fourth-order valence-corrected chi connectivity index (χ4v) is 3.61. The van der Waals surface area contributed by atoms with Gasteiger partial charge in [-0.2, -0.15) is 0 Å². The lowest BCUT2D eigenvalue weighted by Crippen LogP contribution is -2.72. The molecule has 0 aromatic carbocycles. The lowest BCUT2D eigenvalue weighted by molar-refractivity contribution is -0.472. The summed E-state index contributed by atoms with van der Waals surface area (Å²) in [6.07, 6.45) is 2.03. The van der Waals surface area contributed by atoms with Gasteiger partial charge in [0.1, 0.15) is 0 Å². The first-order chi connectivity index (χ1) is 11.6. The molecular weight excluding hydrogens is 320 g/mol. The van der Waals surface area contributed by atoms with E-state index >= 15 is 0 Å². The van der Waals surface area contributed by atoms with Crippen LogP contribution in [0.25, 0.3) is 0 Å². The van der Waals surface area contributed by atoms with Crippen molar-refractivity contribution in [3.63, 3.8) is 0 Å². The van der Waals surface area contributed by atoms with E-state index in [-0.39, 0.29) is 0 Å². The van der Waals surface area contributed by atoms with Gasteiger partial charge in [0.15, 0.2) is 12.2 Å². The van der Waals surface area contributed by atoms with E-state index in [9.17, 15) is 9.59 Å². The number of carbonyl (C=O) groups excluding carboxylic acids is 2. The van der Waals surface area contributed by atoms with Crippen LogP contribution in [0.4, 0.5) is 0 Å². The maximum atomic E-state index is 12.2. The molecule has 0 N–H and O–H groups in total. The minimum Gasteiger partial charge on any atom is -0.467 e. The molecule has 0 aromatic rings. The molecule has 4 atom stereocenters. The van der Waals surface area contributed by atoms with Crippen molar-refractivity contribution in [2.24, 2.45) is 0 Å². The van der Waals surface area contributed by atoms with Gasteiger partial charge in [-0.1, -0.05) is 0 Å². The SMILES string of the molecule is COC(=O)[C@@H]1OC2(CCCCO2)[C@@]2(CCCCO2)O[C@H]1C(=O)OC. The Labute approximate surface area is 140 Å². The predicted molar refractivity (Wildman–Crippen MR) is 78.8 cm³/mol. The molecule has 0 radical (unpaired) electrons.